The lowest BCUT2D eigenvalue weighted by atomic mass is 9.92. The fraction of sp³-hybridized carbons (Fsp3) is 0.344. The van der Waals surface area contributed by atoms with Gasteiger partial charge in [-0.15, -0.1) is 11.3 Å². The lowest BCUT2D eigenvalue weighted by molar-refractivity contribution is -0.137. The number of thiophene rings is 1. The zero-order valence-electron chi connectivity index (χ0n) is 25.3. The third-order valence-corrected chi connectivity index (χ3v) is 10.0. The van der Waals surface area contributed by atoms with Gasteiger partial charge in [0.15, 0.2) is 5.82 Å². The van der Waals surface area contributed by atoms with Crippen molar-refractivity contribution in [1.82, 2.24) is 24.8 Å². The highest BCUT2D eigenvalue weighted by molar-refractivity contribution is 7.23. The first-order chi connectivity index (χ1) is 22.9. The van der Waals surface area contributed by atoms with Crippen LogP contribution in [0.15, 0.2) is 36.9 Å². The van der Waals surface area contributed by atoms with Crippen LogP contribution in [0, 0.1) is 23.0 Å². The van der Waals surface area contributed by atoms with Crippen LogP contribution in [0.5, 0.6) is 6.01 Å². The number of nitrogen functional groups attached to an aromatic ring is 1. The molecule has 2 aromatic carbocycles. The quantitative estimate of drug-likeness (QED) is 0.188. The van der Waals surface area contributed by atoms with Gasteiger partial charge in [0.1, 0.15) is 47.3 Å². The summed E-state index contributed by atoms with van der Waals surface area (Å²) in [5, 5.41) is 9.15. The summed E-state index contributed by atoms with van der Waals surface area (Å²) < 4.78 is 96.7. The molecule has 0 bridgehead atoms. The largest absolute Gasteiger partial charge is 0.461 e. The summed E-state index contributed by atoms with van der Waals surface area (Å²) in [7, 11) is 1.55. The maximum absolute atomic E-state index is 16.9. The van der Waals surface area contributed by atoms with Gasteiger partial charge in [-0.1, -0.05) is 6.07 Å². The number of ether oxygens (including phenoxy) is 1. The maximum Gasteiger partial charge on any atom is 0.417 e. The van der Waals surface area contributed by atoms with Crippen molar-refractivity contribution in [2.75, 3.05) is 37.4 Å². The van der Waals surface area contributed by atoms with Crippen molar-refractivity contribution in [1.29, 1.82) is 5.26 Å². The lowest BCUT2D eigenvalue weighted by Crippen LogP contribution is -2.43. The molecular weight excluding hydrogens is 658 g/mol. The zero-order valence-corrected chi connectivity index (χ0v) is 26.1. The highest BCUT2D eigenvalue weighted by Crippen LogP contribution is 2.48. The van der Waals surface area contributed by atoms with Crippen molar-refractivity contribution in [3.8, 4) is 23.2 Å². The van der Waals surface area contributed by atoms with Crippen molar-refractivity contribution < 1.29 is 31.1 Å². The molecule has 0 aliphatic carbocycles. The van der Waals surface area contributed by atoms with Gasteiger partial charge in [0, 0.05) is 60.9 Å². The Morgan fingerprint density at radius 1 is 1.21 bits per heavy atom. The molecule has 3 aromatic heterocycles. The second-order valence-electron chi connectivity index (χ2n) is 12.1. The van der Waals surface area contributed by atoms with Crippen LogP contribution in [0.2, 0.25) is 0 Å². The predicted molar refractivity (Wildman–Crippen MR) is 167 cm³/mol. The van der Waals surface area contributed by atoms with Gasteiger partial charge in [0.2, 0.25) is 0 Å². The summed E-state index contributed by atoms with van der Waals surface area (Å²) in [6.07, 6.45) is -0.0442. The number of halogens is 6. The number of hydrogen-bond donors (Lipinski definition) is 1. The van der Waals surface area contributed by atoms with E-state index in [0.717, 1.165) is 24.6 Å². The summed E-state index contributed by atoms with van der Waals surface area (Å²) in [5.41, 5.74) is 2.46. The summed E-state index contributed by atoms with van der Waals surface area (Å²) in [5.74, 6) is -2.28. The third-order valence-electron chi connectivity index (χ3n) is 9.02. The Kier molecular flexibility index (Phi) is 7.79. The number of nitrogens with zero attached hydrogens (tertiary/aromatic N) is 7. The number of aromatic nitrogens is 4. The molecule has 2 fully saturated rings. The van der Waals surface area contributed by atoms with E-state index >= 15 is 4.39 Å². The predicted octanol–water partition coefficient (Wildman–Crippen LogP) is 6.64. The number of benzene rings is 2. The molecule has 16 heteroatoms. The van der Waals surface area contributed by atoms with E-state index in [4.69, 9.17) is 10.5 Å². The monoisotopic (exact) mass is 684 g/mol. The molecular formula is C32H26F6N8OS. The first-order valence-electron chi connectivity index (χ1n) is 14.9. The molecule has 2 unspecified atom stereocenters. The minimum absolute atomic E-state index is 0.0119. The molecule has 9 nitrogen and oxygen atoms in total. The fourth-order valence-electron chi connectivity index (χ4n) is 6.95. The van der Waals surface area contributed by atoms with E-state index in [1.807, 2.05) is 11.0 Å². The number of anilines is 2. The molecule has 2 atom stereocenters. The zero-order chi connectivity index (χ0) is 34.0. The van der Waals surface area contributed by atoms with Gasteiger partial charge >= 0.3 is 12.2 Å². The molecule has 5 aromatic rings. The molecule has 2 saturated heterocycles. The SMILES string of the molecule is CN(Cc1cncnc1)c1nc(OCC23CCCN2CC(F)C3)nc2c(F)c(-c3ccc(F)c4sc(N)c(C#N)c34)c(C(F)(F)F)cc12. The van der Waals surface area contributed by atoms with Gasteiger partial charge in [-0.05, 0) is 37.1 Å². The minimum atomic E-state index is -5.10. The lowest BCUT2D eigenvalue weighted by Gasteiger charge is -2.31. The van der Waals surface area contributed by atoms with Crippen LogP contribution in [0.3, 0.4) is 0 Å². The summed E-state index contributed by atoms with van der Waals surface area (Å²) in [6, 6.07) is 4.13. The number of nitrogens with two attached hydrogens (primary N) is 1. The number of fused-ring (bicyclic) bond motifs is 3. The number of hydrogen-bond acceptors (Lipinski definition) is 10. The molecule has 5 heterocycles. The Morgan fingerprint density at radius 3 is 2.71 bits per heavy atom. The summed E-state index contributed by atoms with van der Waals surface area (Å²) in [6.45, 7) is 1.02. The average Bonchev–Trinajstić information content (AvgIpc) is 3.69. The first kappa shape index (κ1) is 31.8. The molecule has 0 amide bonds. The Morgan fingerprint density at radius 2 is 1.98 bits per heavy atom. The summed E-state index contributed by atoms with van der Waals surface area (Å²) in [4.78, 5) is 20.2. The van der Waals surface area contributed by atoms with Crippen LogP contribution in [0.1, 0.15) is 36.0 Å². The Labute approximate surface area is 273 Å². The minimum Gasteiger partial charge on any atom is -0.461 e. The van der Waals surface area contributed by atoms with Gasteiger partial charge in [-0.3, -0.25) is 4.90 Å². The van der Waals surface area contributed by atoms with Crippen LogP contribution in [-0.4, -0.2) is 63.3 Å². The maximum atomic E-state index is 16.9. The van der Waals surface area contributed by atoms with E-state index < -0.39 is 46.2 Å². The number of alkyl halides is 4. The second-order valence-corrected chi connectivity index (χ2v) is 13.1. The molecule has 248 valence electrons. The van der Waals surface area contributed by atoms with Gasteiger partial charge in [0.05, 0.1) is 21.4 Å². The molecule has 2 aliphatic heterocycles. The normalized spacial score (nSPS) is 19.6. The Hall–Kier alpha value is -4.75. The van der Waals surface area contributed by atoms with Crippen LogP contribution in [0.25, 0.3) is 32.1 Å². The average molecular weight is 685 g/mol. The highest BCUT2D eigenvalue weighted by Gasteiger charge is 2.49. The standard InChI is InChI=1S/C32H26F6N8OS/c1-45(12-16-10-41-15-42-11-16)29-19-7-21(32(36,37)38)24(18-3-4-22(34)27-23(18)20(9-39)28(40)48-27)25(35)26(19)43-30(44-29)47-14-31-5-2-6-46(31)13-17(33)8-31/h3-4,7,10-11,15,17H,2,5-6,8,12-14,40H2,1H3. The molecule has 48 heavy (non-hydrogen) atoms. The first-order valence-corrected chi connectivity index (χ1v) is 15.7. The molecule has 0 saturated carbocycles. The van der Waals surface area contributed by atoms with E-state index in [-0.39, 0.29) is 69.5 Å². The van der Waals surface area contributed by atoms with E-state index in [2.05, 4.69) is 19.9 Å². The van der Waals surface area contributed by atoms with Crippen molar-refractivity contribution in [2.45, 2.75) is 43.7 Å². The molecule has 7 rings (SSSR count). The molecule has 0 spiro atoms. The molecule has 2 aliphatic rings. The van der Waals surface area contributed by atoms with E-state index in [0.29, 0.717) is 29.9 Å². The van der Waals surface area contributed by atoms with Crippen LogP contribution in [0.4, 0.5) is 37.2 Å². The van der Waals surface area contributed by atoms with Gasteiger partial charge in [-0.25, -0.2) is 23.1 Å². The second kappa shape index (κ2) is 11.7. The van der Waals surface area contributed by atoms with Gasteiger partial charge < -0.3 is 15.4 Å². The Balaban J connectivity index is 1.45. The van der Waals surface area contributed by atoms with Crippen molar-refractivity contribution >= 4 is 43.1 Å². The van der Waals surface area contributed by atoms with Gasteiger partial charge in [0.25, 0.3) is 0 Å². The van der Waals surface area contributed by atoms with Crippen molar-refractivity contribution in [3.05, 3.63) is 65.2 Å². The van der Waals surface area contributed by atoms with Crippen LogP contribution >= 0.6 is 11.3 Å². The number of rotatable bonds is 7. The van der Waals surface area contributed by atoms with E-state index in [1.54, 1.807) is 7.05 Å². The van der Waals surface area contributed by atoms with Crippen molar-refractivity contribution in [3.63, 3.8) is 0 Å². The van der Waals surface area contributed by atoms with Crippen LogP contribution < -0.4 is 15.4 Å². The van der Waals surface area contributed by atoms with Crippen molar-refractivity contribution in [2.24, 2.45) is 0 Å². The third kappa shape index (κ3) is 5.30. The van der Waals surface area contributed by atoms with E-state index in [1.165, 1.54) is 23.6 Å². The molecule has 2 N–H and O–H groups in total. The van der Waals surface area contributed by atoms with Crippen LogP contribution in [-0.2, 0) is 12.7 Å². The smallest absolute Gasteiger partial charge is 0.417 e. The Bertz CT molecular complexity index is 2100. The topological polar surface area (TPSA) is 117 Å². The number of nitriles is 1. The highest BCUT2D eigenvalue weighted by atomic mass is 32.1. The van der Waals surface area contributed by atoms with Gasteiger partial charge in [-0.2, -0.15) is 28.4 Å². The van der Waals surface area contributed by atoms with E-state index in [9.17, 15) is 27.2 Å². The summed E-state index contributed by atoms with van der Waals surface area (Å²) >= 11 is 0.680. The molecule has 0 radical (unpaired) electrons. The fourth-order valence-corrected chi connectivity index (χ4v) is 7.90.